The number of fused-ring (bicyclic) bond motifs is 1. The fourth-order valence-corrected chi connectivity index (χ4v) is 2.99. The lowest BCUT2D eigenvalue weighted by Crippen LogP contribution is -2.35. The Labute approximate surface area is 137 Å². The van der Waals surface area contributed by atoms with E-state index in [9.17, 15) is 9.18 Å². The van der Waals surface area contributed by atoms with Crippen molar-refractivity contribution in [2.24, 2.45) is 0 Å². The van der Waals surface area contributed by atoms with Crippen molar-refractivity contribution in [1.29, 1.82) is 5.26 Å². The van der Waals surface area contributed by atoms with Gasteiger partial charge in [0, 0.05) is 10.9 Å². The lowest BCUT2D eigenvalue weighted by molar-refractivity contribution is 0.0926. The van der Waals surface area contributed by atoms with E-state index in [1.54, 1.807) is 36.4 Å². The SMILES string of the molecule is N#Cc1ccc2[nH]c(C(=O)NC3(c4ccc(F)cc4)CC3)cc2c1. The first-order valence-electron chi connectivity index (χ1n) is 7.71. The van der Waals surface area contributed by atoms with Crippen LogP contribution >= 0.6 is 0 Å². The van der Waals surface area contributed by atoms with E-state index in [0.717, 1.165) is 29.3 Å². The average molecular weight is 319 g/mol. The molecule has 0 radical (unpaired) electrons. The number of nitrogens with one attached hydrogen (secondary N) is 2. The minimum Gasteiger partial charge on any atom is -0.351 e. The minimum absolute atomic E-state index is 0.202. The first-order chi connectivity index (χ1) is 11.6. The van der Waals surface area contributed by atoms with E-state index in [1.807, 2.05) is 0 Å². The van der Waals surface area contributed by atoms with Gasteiger partial charge in [0.05, 0.1) is 17.2 Å². The highest BCUT2D eigenvalue weighted by atomic mass is 19.1. The highest BCUT2D eigenvalue weighted by molar-refractivity contribution is 5.98. The van der Waals surface area contributed by atoms with Crippen LogP contribution in [-0.2, 0) is 5.54 Å². The highest BCUT2D eigenvalue weighted by Gasteiger charge is 2.45. The number of H-pyrrole nitrogens is 1. The van der Waals surface area contributed by atoms with Crippen LogP contribution in [0.5, 0.6) is 0 Å². The number of hydrogen-bond donors (Lipinski definition) is 2. The van der Waals surface area contributed by atoms with Gasteiger partial charge in [0.25, 0.3) is 5.91 Å². The summed E-state index contributed by atoms with van der Waals surface area (Å²) >= 11 is 0. The van der Waals surface area contributed by atoms with Crippen molar-refractivity contribution in [3.05, 3.63) is 71.2 Å². The number of rotatable bonds is 3. The third-order valence-electron chi connectivity index (χ3n) is 4.49. The standard InChI is InChI=1S/C19H14FN3O/c20-15-4-2-14(3-5-15)19(7-8-19)23-18(24)17-10-13-9-12(11-21)1-6-16(13)22-17/h1-6,9-10,22H,7-8H2,(H,23,24). The second-order valence-electron chi connectivity index (χ2n) is 6.14. The third-order valence-corrected chi connectivity index (χ3v) is 4.49. The van der Waals surface area contributed by atoms with Gasteiger partial charge in [-0.1, -0.05) is 12.1 Å². The monoisotopic (exact) mass is 319 g/mol. The normalized spacial score (nSPS) is 15.0. The van der Waals surface area contributed by atoms with E-state index < -0.39 is 5.54 Å². The van der Waals surface area contributed by atoms with Crippen molar-refractivity contribution in [3.8, 4) is 6.07 Å². The number of nitriles is 1. The molecule has 4 rings (SSSR count). The van der Waals surface area contributed by atoms with Gasteiger partial charge in [0.1, 0.15) is 11.5 Å². The maximum Gasteiger partial charge on any atom is 0.268 e. The lowest BCUT2D eigenvalue weighted by Gasteiger charge is -2.17. The van der Waals surface area contributed by atoms with Crippen LogP contribution in [0.3, 0.4) is 0 Å². The zero-order chi connectivity index (χ0) is 16.7. The number of aromatic amines is 1. The molecule has 3 aromatic rings. The molecule has 0 aliphatic heterocycles. The molecule has 2 N–H and O–H groups in total. The largest absolute Gasteiger partial charge is 0.351 e. The summed E-state index contributed by atoms with van der Waals surface area (Å²) in [5.74, 6) is -0.490. The molecular formula is C19H14FN3O. The second-order valence-corrected chi connectivity index (χ2v) is 6.14. The molecule has 1 aliphatic carbocycles. The highest BCUT2D eigenvalue weighted by Crippen LogP contribution is 2.45. The molecule has 1 heterocycles. The van der Waals surface area contributed by atoms with Gasteiger partial charge in [0.2, 0.25) is 0 Å². The number of carbonyl (C=O) groups excluding carboxylic acids is 1. The molecule has 2 aromatic carbocycles. The van der Waals surface area contributed by atoms with E-state index in [4.69, 9.17) is 5.26 Å². The first kappa shape index (κ1) is 14.5. The van der Waals surface area contributed by atoms with Gasteiger partial charge in [-0.15, -0.1) is 0 Å². The van der Waals surface area contributed by atoms with Crippen molar-refractivity contribution >= 4 is 16.8 Å². The van der Waals surface area contributed by atoms with Crippen LogP contribution in [0.15, 0.2) is 48.5 Å². The first-order valence-corrected chi connectivity index (χ1v) is 7.71. The number of nitrogens with zero attached hydrogens (tertiary/aromatic N) is 1. The molecule has 5 heteroatoms. The zero-order valence-electron chi connectivity index (χ0n) is 12.8. The molecule has 0 bridgehead atoms. The Bertz CT molecular complexity index is 978. The lowest BCUT2D eigenvalue weighted by atomic mass is 10.0. The number of aromatic nitrogens is 1. The molecule has 0 saturated heterocycles. The summed E-state index contributed by atoms with van der Waals surface area (Å²) < 4.78 is 13.1. The van der Waals surface area contributed by atoms with E-state index in [2.05, 4.69) is 16.4 Å². The molecule has 1 saturated carbocycles. The van der Waals surface area contributed by atoms with Crippen LogP contribution in [0, 0.1) is 17.1 Å². The number of hydrogen-bond acceptors (Lipinski definition) is 2. The number of halogens is 1. The van der Waals surface area contributed by atoms with Crippen LogP contribution in [0.2, 0.25) is 0 Å². The van der Waals surface area contributed by atoms with Crippen molar-refractivity contribution in [3.63, 3.8) is 0 Å². The number of benzene rings is 2. The van der Waals surface area contributed by atoms with Gasteiger partial charge in [-0.2, -0.15) is 5.26 Å². The Morgan fingerprint density at radius 1 is 1.17 bits per heavy atom. The quantitative estimate of drug-likeness (QED) is 0.774. The Morgan fingerprint density at radius 2 is 1.92 bits per heavy atom. The maximum absolute atomic E-state index is 13.1. The average Bonchev–Trinajstić information content (AvgIpc) is 3.23. The third kappa shape index (κ3) is 2.42. The van der Waals surface area contributed by atoms with Crippen LogP contribution in [0.4, 0.5) is 4.39 Å². The van der Waals surface area contributed by atoms with Crippen LogP contribution < -0.4 is 5.32 Å². The molecule has 1 amide bonds. The molecule has 1 aromatic heterocycles. The van der Waals surface area contributed by atoms with Crippen molar-refractivity contribution < 1.29 is 9.18 Å². The van der Waals surface area contributed by atoms with E-state index in [1.165, 1.54) is 12.1 Å². The van der Waals surface area contributed by atoms with Crippen LogP contribution in [0.25, 0.3) is 10.9 Å². The van der Waals surface area contributed by atoms with E-state index in [-0.39, 0.29) is 11.7 Å². The van der Waals surface area contributed by atoms with E-state index in [0.29, 0.717) is 11.3 Å². The van der Waals surface area contributed by atoms with Gasteiger partial charge in [-0.05, 0) is 54.8 Å². The summed E-state index contributed by atoms with van der Waals surface area (Å²) in [6.45, 7) is 0. The summed E-state index contributed by atoms with van der Waals surface area (Å²) in [7, 11) is 0. The minimum atomic E-state index is -0.403. The molecule has 4 nitrogen and oxygen atoms in total. The van der Waals surface area contributed by atoms with Gasteiger partial charge < -0.3 is 10.3 Å². The van der Waals surface area contributed by atoms with Gasteiger partial charge in [0.15, 0.2) is 0 Å². The van der Waals surface area contributed by atoms with Crippen molar-refractivity contribution in [2.75, 3.05) is 0 Å². The van der Waals surface area contributed by atoms with Crippen LogP contribution in [-0.4, -0.2) is 10.9 Å². The van der Waals surface area contributed by atoms with Crippen molar-refractivity contribution in [1.82, 2.24) is 10.3 Å². The Kier molecular flexibility index (Phi) is 3.14. The summed E-state index contributed by atoms with van der Waals surface area (Å²) in [5, 5.41) is 12.8. The predicted molar refractivity (Wildman–Crippen MR) is 87.8 cm³/mol. The Morgan fingerprint density at radius 3 is 2.58 bits per heavy atom. The molecule has 24 heavy (non-hydrogen) atoms. The van der Waals surface area contributed by atoms with Gasteiger partial charge in [-0.25, -0.2) is 4.39 Å². The second kappa shape index (κ2) is 5.20. The summed E-state index contributed by atoms with van der Waals surface area (Å²) in [5.41, 5.74) is 2.33. The Hall–Kier alpha value is -3.13. The Balaban J connectivity index is 1.60. The summed E-state index contributed by atoms with van der Waals surface area (Å²) in [6.07, 6.45) is 1.67. The number of amides is 1. The summed E-state index contributed by atoms with van der Waals surface area (Å²) in [4.78, 5) is 15.7. The van der Waals surface area contributed by atoms with Gasteiger partial charge in [-0.3, -0.25) is 4.79 Å². The maximum atomic E-state index is 13.1. The summed E-state index contributed by atoms with van der Waals surface area (Å²) in [6, 6.07) is 15.3. The number of carbonyl (C=O) groups is 1. The zero-order valence-corrected chi connectivity index (χ0v) is 12.8. The smallest absolute Gasteiger partial charge is 0.268 e. The van der Waals surface area contributed by atoms with E-state index >= 15 is 0 Å². The molecule has 1 fully saturated rings. The molecular weight excluding hydrogens is 305 g/mol. The molecule has 0 spiro atoms. The molecule has 0 atom stereocenters. The topological polar surface area (TPSA) is 68.7 Å². The predicted octanol–water partition coefficient (Wildman–Crippen LogP) is 3.60. The van der Waals surface area contributed by atoms with Crippen LogP contribution in [0.1, 0.15) is 34.5 Å². The van der Waals surface area contributed by atoms with Gasteiger partial charge >= 0.3 is 0 Å². The molecule has 1 aliphatic rings. The fraction of sp³-hybridized carbons (Fsp3) is 0.158. The molecule has 118 valence electrons. The van der Waals surface area contributed by atoms with Crippen molar-refractivity contribution in [2.45, 2.75) is 18.4 Å². The molecule has 0 unspecified atom stereocenters. The fourth-order valence-electron chi connectivity index (χ4n) is 2.99.